The Morgan fingerprint density at radius 2 is 1.50 bits per heavy atom. The predicted octanol–water partition coefficient (Wildman–Crippen LogP) is 0.175. The molecule has 0 spiro atoms. The van der Waals surface area contributed by atoms with Gasteiger partial charge in [-0.25, -0.2) is 0 Å². The van der Waals surface area contributed by atoms with Crippen molar-refractivity contribution in [3.63, 3.8) is 0 Å². The van der Waals surface area contributed by atoms with Gasteiger partial charge in [-0.15, -0.1) is 0 Å². The summed E-state index contributed by atoms with van der Waals surface area (Å²) in [4.78, 5) is 0. The van der Waals surface area contributed by atoms with Gasteiger partial charge in [0.25, 0.3) is 0 Å². The lowest BCUT2D eigenvalue weighted by atomic mass is 10.4. The molecular formula is C8H13BNO2. The first kappa shape index (κ1) is 11.2. The van der Waals surface area contributed by atoms with Crippen LogP contribution >= 0.6 is 0 Å². The molecule has 4 heteroatoms. The molecule has 0 aromatic heterocycles. The van der Waals surface area contributed by atoms with Crippen LogP contribution in [0.5, 0.6) is 0 Å². The van der Waals surface area contributed by atoms with Crippen molar-refractivity contribution in [2.45, 2.75) is 0 Å². The third-order valence-electron chi connectivity index (χ3n) is 0.977. The van der Waals surface area contributed by atoms with Crippen molar-refractivity contribution < 1.29 is 9.68 Å². The van der Waals surface area contributed by atoms with E-state index in [0.29, 0.717) is 20.8 Å². The Balaban J connectivity index is 0.000000202. The first-order chi connectivity index (χ1) is 5.91. The van der Waals surface area contributed by atoms with Crippen LogP contribution < -0.4 is 5.73 Å². The Labute approximate surface area is 73.5 Å². The van der Waals surface area contributed by atoms with Crippen molar-refractivity contribution in [2.24, 2.45) is 5.73 Å². The average molecular weight is 166 g/mol. The number of hydrogen-bond acceptors (Lipinski definition) is 3. The van der Waals surface area contributed by atoms with Crippen LogP contribution in [0.3, 0.4) is 0 Å². The molecule has 0 heterocycles. The summed E-state index contributed by atoms with van der Waals surface area (Å²) in [7, 11) is 0.632. The van der Waals surface area contributed by atoms with E-state index in [-0.39, 0.29) is 0 Å². The lowest BCUT2D eigenvalue weighted by Crippen LogP contribution is -2.10. The van der Waals surface area contributed by atoms with E-state index in [2.05, 4.69) is 4.65 Å². The van der Waals surface area contributed by atoms with Gasteiger partial charge in [0.05, 0.1) is 0 Å². The molecule has 1 aromatic rings. The molecule has 65 valence electrons. The first-order valence-electron chi connectivity index (χ1n) is 3.69. The Bertz CT molecular complexity index is 130. The molecule has 0 atom stereocenters. The van der Waals surface area contributed by atoms with Gasteiger partial charge in [0, 0.05) is 13.2 Å². The molecule has 12 heavy (non-hydrogen) atoms. The second-order valence-corrected chi connectivity index (χ2v) is 1.92. The number of rotatable bonds is 3. The van der Waals surface area contributed by atoms with Crippen LogP contribution in [0.4, 0.5) is 0 Å². The topological polar surface area (TPSA) is 55.5 Å². The summed E-state index contributed by atoms with van der Waals surface area (Å²) in [5.41, 5.74) is 4.96. The summed E-state index contributed by atoms with van der Waals surface area (Å²) in [5.74, 6) is 0. The van der Waals surface area contributed by atoms with E-state index in [0.717, 1.165) is 0 Å². The van der Waals surface area contributed by atoms with E-state index in [9.17, 15) is 0 Å². The van der Waals surface area contributed by atoms with Crippen LogP contribution in [0, 0.1) is 0 Å². The molecule has 3 nitrogen and oxygen atoms in total. The van der Waals surface area contributed by atoms with Crippen molar-refractivity contribution in [1.29, 1.82) is 0 Å². The summed E-state index contributed by atoms with van der Waals surface area (Å²) in [6, 6.07) is 12.0. The minimum atomic E-state index is 0.385. The van der Waals surface area contributed by atoms with E-state index in [4.69, 9.17) is 10.8 Å². The fourth-order valence-electron chi connectivity index (χ4n) is 0.506. The van der Waals surface area contributed by atoms with Gasteiger partial charge in [-0.3, -0.25) is 0 Å². The molecule has 1 radical (unpaired) electrons. The van der Waals surface area contributed by atoms with Crippen molar-refractivity contribution in [1.82, 2.24) is 0 Å². The smallest absolute Gasteiger partial charge is 0.429 e. The van der Waals surface area contributed by atoms with Crippen LogP contribution in [0.15, 0.2) is 36.4 Å². The Kier molecular flexibility index (Phi) is 9.46. The highest BCUT2D eigenvalue weighted by Crippen LogP contribution is 1.79. The van der Waals surface area contributed by atoms with E-state index >= 15 is 0 Å². The molecule has 1 rings (SSSR count). The van der Waals surface area contributed by atoms with Crippen molar-refractivity contribution in [2.75, 3.05) is 13.2 Å². The van der Waals surface area contributed by atoms with Gasteiger partial charge >= 0.3 is 7.69 Å². The molecule has 1 aromatic carbocycles. The molecular weight excluding hydrogens is 153 g/mol. The molecule has 0 unspecified atom stereocenters. The van der Waals surface area contributed by atoms with Gasteiger partial charge in [-0.1, -0.05) is 36.4 Å². The molecule has 0 bridgehead atoms. The zero-order chi connectivity index (χ0) is 9.07. The van der Waals surface area contributed by atoms with E-state index in [1.807, 2.05) is 36.4 Å². The molecule has 3 N–H and O–H groups in total. The molecule has 0 aliphatic rings. The predicted molar refractivity (Wildman–Crippen MR) is 49.4 cm³/mol. The molecule has 0 fully saturated rings. The summed E-state index contributed by atoms with van der Waals surface area (Å²) < 4.78 is 4.29. The third kappa shape index (κ3) is 9.16. The maximum absolute atomic E-state index is 7.79. The minimum absolute atomic E-state index is 0.385. The van der Waals surface area contributed by atoms with Crippen LogP contribution in [0.1, 0.15) is 0 Å². The largest absolute Gasteiger partial charge is 0.485 e. The second-order valence-electron chi connectivity index (χ2n) is 1.92. The van der Waals surface area contributed by atoms with Gasteiger partial charge in [0.15, 0.2) is 0 Å². The zero-order valence-electron chi connectivity index (χ0n) is 6.89. The Hall–Kier alpha value is -0.835. The second kappa shape index (κ2) is 10.2. The third-order valence-corrected chi connectivity index (χ3v) is 0.977. The van der Waals surface area contributed by atoms with Gasteiger partial charge in [-0.05, 0) is 0 Å². The lowest BCUT2D eigenvalue weighted by molar-refractivity contribution is 0.293. The van der Waals surface area contributed by atoms with Gasteiger partial charge in [0.2, 0.25) is 0 Å². The van der Waals surface area contributed by atoms with Crippen LogP contribution in [-0.2, 0) is 4.65 Å². The SMILES string of the molecule is NCCO[B]O.c1ccccc1. The quantitative estimate of drug-likeness (QED) is 0.497. The number of nitrogens with two attached hydrogens (primary N) is 1. The van der Waals surface area contributed by atoms with Crippen molar-refractivity contribution in [3.05, 3.63) is 36.4 Å². The molecule has 0 aliphatic heterocycles. The van der Waals surface area contributed by atoms with Gasteiger partial charge in [0.1, 0.15) is 0 Å². The monoisotopic (exact) mass is 166 g/mol. The summed E-state index contributed by atoms with van der Waals surface area (Å²) in [6.07, 6.45) is 0. The molecule has 0 saturated heterocycles. The summed E-state index contributed by atoms with van der Waals surface area (Å²) in [5, 5.41) is 7.79. The molecule has 0 amide bonds. The number of benzene rings is 1. The van der Waals surface area contributed by atoms with Crippen molar-refractivity contribution >= 4 is 7.69 Å². The fourth-order valence-corrected chi connectivity index (χ4v) is 0.506. The van der Waals surface area contributed by atoms with Gasteiger partial charge in [-0.2, -0.15) is 0 Å². The van der Waals surface area contributed by atoms with Gasteiger partial charge < -0.3 is 15.4 Å². The zero-order valence-corrected chi connectivity index (χ0v) is 6.89. The molecule has 0 aliphatic carbocycles. The maximum atomic E-state index is 7.79. The standard InChI is InChI=1S/C6H6.C2H7BNO2/c1-2-4-6-5-3-1;4-1-2-6-3-5/h1-6H;5H,1-2,4H2. The molecule has 0 saturated carbocycles. The normalized spacial score (nSPS) is 8.17. The van der Waals surface area contributed by atoms with Crippen LogP contribution in [-0.4, -0.2) is 25.9 Å². The van der Waals surface area contributed by atoms with Crippen molar-refractivity contribution in [3.8, 4) is 0 Å². The highest BCUT2D eigenvalue weighted by Gasteiger charge is 1.79. The number of hydrogen-bond donors (Lipinski definition) is 2. The van der Waals surface area contributed by atoms with E-state index < -0.39 is 0 Å². The summed E-state index contributed by atoms with van der Waals surface area (Å²) in [6.45, 7) is 0.827. The van der Waals surface area contributed by atoms with E-state index in [1.54, 1.807) is 0 Å². The Morgan fingerprint density at radius 1 is 1.08 bits per heavy atom. The highest BCUT2D eigenvalue weighted by atomic mass is 16.5. The fraction of sp³-hybridized carbons (Fsp3) is 0.250. The average Bonchev–Trinajstić information content (AvgIpc) is 2.18. The lowest BCUT2D eigenvalue weighted by Gasteiger charge is -1.89. The maximum Gasteiger partial charge on any atom is 0.485 e. The minimum Gasteiger partial charge on any atom is -0.429 e. The Morgan fingerprint density at radius 3 is 1.67 bits per heavy atom. The summed E-state index contributed by atoms with van der Waals surface area (Å²) >= 11 is 0. The van der Waals surface area contributed by atoms with E-state index in [1.165, 1.54) is 0 Å². The highest BCUT2D eigenvalue weighted by molar-refractivity contribution is 6.15. The van der Waals surface area contributed by atoms with Crippen LogP contribution in [0.2, 0.25) is 0 Å². The first-order valence-corrected chi connectivity index (χ1v) is 3.69. The van der Waals surface area contributed by atoms with Crippen LogP contribution in [0.25, 0.3) is 0 Å².